The second-order valence-corrected chi connectivity index (χ2v) is 7.27. The van der Waals surface area contributed by atoms with Crippen molar-refractivity contribution in [3.63, 3.8) is 0 Å². The van der Waals surface area contributed by atoms with Crippen molar-refractivity contribution in [3.05, 3.63) is 53.2 Å². The molecule has 1 fully saturated rings. The number of hydrogen-bond acceptors (Lipinski definition) is 5. The summed E-state index contributed by atoms with van der Waals surface area (Å²) in [4.78, 5) is 28.7. The van der Waals surface area contributed by atoms with Crippen LogP contribution in [0, 0.1) is 5.82 Å². The van der Waals surface area contributed by atoms with Crippen LogP contribution in [-0.2, 0) is 17.5 Å². The molecular formula is C21H17F4N3O5. The van der Waals surface area contributed by atoms with Crippen molar-refractivity contribution in [1.29, 1.82) is 0 Å². The molecule has 1 aliphatic heterocycles. The number of carbonyl (C=O) groups is 2. The van der Waals surface area contributed by atoms with Gasteiger partial charge in [0.15, 0.2) is 5.82 Å². The standard InChI is InChI=1S/C21H17F4N3O5/c22-16-10-26-17(8-14(16)19(29)28-1-3-32-4-2-28)11-5-12-6-13(9-27-20(30)31)33-18(12)15(7-11)21(23,24)25/h5-8,10,27H,1-4,9H2,(H,30,31). The Labute approximate surface area is 183 Å². The normalized spacial score (nSPS) is 14.5. The van der Waals surface area contributed by atoms with Crippen LogP contribution < -0.4 is 5.32 Å². The van der Waals surface area contributed by atoms with Crippen LogP contribution in [0.2, 0.25) is 0 Å². The molecule has 12 heteroatoms. The molecule has 3 aromatic rings. The number of amides is 2. The molecule has 1 saturated heterocycles. The van der Waals surface area contributed by atoms with Crippen LogP contribution in [0.25, 0.3) is 22.2 Å². The van der Waals surface area contributed by atoms with Gasteiger partial charge in [-0.3, -0.25) is 9.78 Å². The van der Waals surface area contributed by atoms with Crippen LogP contribution in [0.4, 0.5) is 22.4 Å². The van der Waals surface area contributed by atoms with Crippen LogP contribution >= 0.6 is 0 Å². The maximum Gasteiger partial charge on any atom is 0.420 e. The first kappa shape index (κ1) is 22.5. The maximum atomic E-state index is 14.4. The highest BCUT2D eigenvalue weighted by molar-refractivity contribution is 5.96. The third-order valence-electron chi connectivity index (χ3n) is 5.07. The Morgan fingerprint density at radius 2 is 1.88 bits per heavy atom. The first-order valence-electron chi connectivity index (χ1n) is 9.77. The summed E-state index contributed by atoms with van der Waals surface area (Å²) in [6.45, 7) is 0.807. The van der Waals surface area contributed by atoms with Crippen molar-refractivity contribution in [1.82, 2.24) is 15.2 Å². The average Bonchev–Trinajstić information content (AvgIpc) is 3.19. The van der Waals surface area contributed by atoms with Gasteiger partial charge in [-0.2, -0.15) is 13.2 Å². The summed E-state index contributed by atoms with van der Waals surface area (Å²) < 4.78 is 66.0. The highest BCUT2D eigenvalue weighted by Gasteiger charge is 2.35. The molecule has 4 rings (SSSR count). The van der Waals surface area contributed by atoms with Gasteiger partial charge in [0.05, 0.1) is 42.8 Å². The van der Waals surface area contributed by atoms with Crippen molar-refractivity contribution in [3.8, 4) is 11.3 Å². The molecular weight excluding hydrogens is 450 g/mol. The van der Waals surface area contributed by atoms with E-state index in [0.29, 0.717) is 13.2 Å². The number of alkyl halides is 3. The van der Waals surface area contributed by atoms with Gasteiger partial charge in [-0.25, -0.2) is 9.18 Å². The van der Waals surface area contributed by atoms with Gasteiger partial charge in [-0.1, -0.05) is 0 Å². The predicted molar refractivity (Wildman–Crippen MR) is 106 cm³/mol. The van der Waals surface area contributed by atoms with Gasteiger partial charge < -0.3 is 24.5 Å². The summed E-state index contributed by atoms with van der Waals surface area (Å²) in [5.41, 5.74) is -1.94. The van der Waals surface area contributed by atoms with Crippen LogP contribution in [0.3, 0.4) is 0 Å². The van der Waals surface area contributed by atoms with Crippen LogP contribution in [0.1, 0.15) is 21.7 Å². The molecule has 0 spiro atoms. The van der Waals surface area contributed by atoms with Gasteiger partial charge in [0.1, 0.15) is 11.3 Å². The summed E-state index contributed by atoms with van der Waals surface area (Å²) in [7, 11) is 0. The zero-order chi connectivity index (χ0) is 23.8. The van der Waals surface area contributed by atoms with Gasteiger partial charge in [0.2, 0.25) is 0 Å². The Morgan fingerprint density at radius 1 is 1.15 bits per heavy atom. The summed E-state index contributed by atoms with van der Waals surface area (Å²) in [5.74, 6) is -1.52. The largest absolute Gasteiger partial charge is 0.465 e. The Balaban J connectivity index is 1.77. The number of ether oxygens (including phenoxy) is 1. The Hall–Kier alpha value is -3.67. The van der Waals surface area contributed by atoms with Crippen LogP contribution in [-0.4, -0.2) is 53.3 Å². The van der Waals surface area contributed by atoms with E-state index in [1.807, 2.05) is 5.32 Å². The molecule has 174 valence electrons. The van der Waals surface area contributed by atoms with E-state index in [1.165, 1.54) is 17.0 Å². The molecule has 1 aromatic carbocycles. The zero-order valence-electron chi connectivity index (χ0n) is 16.9. The van der Waals surface area contributed by atoms with E-state index in [1.54, 1.807) is 0 Å². The SMILES string of the molecule is O=C(O)NCc1cc2cc(-c3cc(C(=O)N4CCOCC4)c(F)cn3)cc(C(F)(F)F)c2o1. The summed E-state index contributed by atoms with van der Waals surface area (Å²) >= 11 is 0. The number of fused-ring (bicyclic) bond motifs is 1. The molecule has 33 heavy (non-hydrogen) atoms. The first-order chi connectivity index (χ1) is 15.6. The minimum absolute atomic E-state index is 0.00982. The molecule has 2 N–H and O–H groups in total. The maximum absolute atomic E-state index is 14.4. The number of hydrogen-bond donors (Lipinski definition) is 2. The van der Waals surface area contributed by atoms with Crippen LogP contribution in [0.15, 0.2) is 34.9 Å². The molecule has 2 aromatic heterocycles. The van der Waals surface area contributed by atoms with Gasteiger partial charge in [-0.05, 0) is 24.3 Å². The highest BCUT2D eigenvalue weighted by Crippen LogP contribution is 2.39. The Morgan fingerprint density at radius 3 is 2.55 bits per heavy atom. The fourth-order valence-electron chi connectivity index (χ4n) is 3.51. The van der Waals surface area contributed by atoms with Gasteiger partial charge >= 0.3 is 12.3 Å². The van der Waals surface area contributed by atoms with Crippen molar-refractivity contribution >= 4 is 23.0 Å². The number of aromatic nitrogens is 1. The topological polar surface area (TPSA) is 105 Å². The van der Waals surface area contributed by atoms with Crippen molar-refractivity contribution < 1.29 is 41.4 Å². The molecule has 3 heterocycles. The fraction of sp³-hybridized carbons (Fsp3) is 0.286. The van der Waals surface area contributed by atoms with E-state index in [-0.39, 0.29) is 47.6 Å². The van der Waals surface area contributed by atoms with Crippen molar-refractivity contribution in [2.75, 3.05) is 26.3 Å². The second-order valence-electron chi connectivity index (χ2n) is 7.27. The molecule has 0 bridgehead atoms. The lowest BCUT2D eigenvalue weighted by Gasteiger charge is -2.27. The average molecular weight is 467 g/mol. The number of furan rings is 1. The number of nitrogens with one attached hydrogen (secondary N) is 1. The molecule has 0 saturated carbocycles. The first-order valence-corrected chi connectivity index (χ1v) is 9.77. The zero-order valence-corrected chi connectivity index (χ0v) is 16.9. The van der Waals surface area contributed by atoms with Crippen LogP contribution in [0.5, 0.6) is 0 Å². The van der Waals surface area contributed by atoms with E-state index < -0.39 is 35.1 Å². The van der Waals surface area contributed by atoms with Crippen molar-refractivity contribution in [2.45, 2.75) is 12.7 Å². The number of benzene rings is 1. The molecule has 0 atom stereocenters. The number of morpholine rings is 1. The second kappa shape index (κ2) is 8.70. The Kier molecular flexibility index (Phi) is 5.93. The monoisotopic (exact) mass is 467 g/mol. The minimum Gasteiger partial charge on any atom is -0.465 e. The lowest BCUT2D eigenvalue weighted by molar-refractivity contribution is -0.136. The van der Waals surface area contributed by atoms with Crippen molar-refractivity contribution in [2.24, 2.45) is 0 Å². The number of nitrogens with zero attached hydrogens (tertiary/aromatic N) is 2. The number of halogens is 4. The molecule has 0 radical (unpaired) electrons. The van der Waals surface area contributed by atoms with E-state index in [4.69, 9.17) is 14.3 Å². The third kappa shape index (κ3) is 4.75. The van der Waals surface area contributed by atoms with E-state index in [9.17, 15) is 27.2 Å². The summed E-state index contributed by atoms with van der Waals surface area (Å²) in [6.07, 6.45) is -5.37. The number of pyridine rings is 1. The lowest BCUT2D eigenvalue weighted by atomic mass is 10.0. The van der Waals surface area contributed by atoms with Gasteiger partial charge in [0.25, 0.3) is 5.91 Å². The highest BCUT2D eigenvalue weighted by atomic mass is 19.4. The fourth-order valence-corrected chi connectivity index (χ4v) is 3.51. The number of carbonyl (C=O) groups excluding carboxylic acids is 1. The molecule has 0 unspecified atom stereocenters. The minimum atomic E-state index is -4.80. The van der Waals surface area contributed by atoms with E-state index in [0.717, 1.165) is 18.3 Å². The lowest BCUT2D eigenvalue weighted by Crippen LogP contribution is -2.41. The molecule has 8 nitrogen and oxygen atoms in total. The number of carboxylic acid groups (broad SMARTS) is 1. The Bertz CT molecular complexity index is 1220. The quantitative estimate of drug-likeness (QED) is 0.564. The van der Waals surface area contributed by atoms with E-state index >= 15 is 0 Å². The van der Waals surface area contributed by atoms with Gasteiger partial charge in [-0.15, -0.1) is 0 Å². The van der Waals surface area contributed by atoms with Gasteiger partial charge in [0, 0.05) is 24.0 Å². The molecule has 1 aliphatic rings. The molecule has 0 aliphatic carbocycles. The smallest absolute Gasteiger partial charge is 0.420 e. The summed E-state index contributed by atoms with van der Waals surface area (Å²) in [5, 5.41) is 10.8. The molecule has 2 amide bonds. The number of rotatable bonds is 4. The predicted octanol–water partition coefficient (Wildman–Crippen LogP) is 3.89. The third-order valence-corrected chi connectivity index (χ3v) is 5.07. The van der Waals surface area contributed by atoms with E-state index in [2.05, 4.69) is 4.98 Å². The summed E-state index contributed by atoms with van der Waals surface area (Å²) in [6, 6.07) is 4.53.